The van der Waals surface area contributed by atoms with Crippen LogP contribution in [0.4, 0.5) is 0 Å². The molecule has 0 spiro atoms. The fourth-order valence-corrected chi connectivity index (χ4v) is 2.51. The second kappa shape index (κ2) is 4.38. The minimum atomic E-state index is 0.122. The quantitative estimate of drug-likeness (QED) is 0.719. The van der Waals surface area contributed by atoms with Crippen LogP contribution in [-0.4, -0.2) is 30.8 Å². The Labute approximate surface area is 97.3 Å². The summed E-state index contributed by atoms with van der Waals surface area (Å²) in [5, 5.41) is 0. The minimum Gasteiger partial charge on any atom is -0.299 e. The van der Waals surface area contributed by atoms with Crippen molar-refractivity contribution in [3.8, 4) is 0 Å². The predicted molar refractivity (Wildman–Crippen MR) is 65.8 cm³/mol. The van der Waals surface area contributed by atoms with Gasteiger partial charge in [0.1, 0.15) is 0 Å². The van der Waals surface area contributed by atoms with Gasteiger partial charge in [0, 0.05) is 5.92 Å². The van der Waals surface area contributed by atoms with Gasteiger partial charge in [-0.25, -0.2) is 0 Å². The number of hydrogen-bond acceptors (Lipinski definition) is 2. The van der Waals surface area contributed by atoms with Crippen molar-refractivity contribution in [3.05, 3.63) is 34.9 Å². The molecule has 1 aromatic carbocycles. The lowest BCUT2D eigenvalue weighted by Gasteiger charge is -2.28. The van der Waals surface area contributed by atoms with E-state index in [0.717, 1.165) is 13.0 Å². The molecule has 0 amide bonds. The normalized spacial score (nSPS) is 22.4. The first-order valence-corrected chi connectivity index (χ1v) is 5.86. The van der Waals surface area contributed by atoms with Crippen LogP contribution in [-0.2, 0) is 4.79 Å². The third kappa shape index (κ3) is 2.17. The lowest BCUT2D eigenvalue weighted by atomic mass is 9.85. The highest BCUT2D eigenvalue weighted by Crippen LogP contribution is 2.27. The van der Waals surface area contributed by atoms with Gasteiger partial charge in [-0.15, -0.1) is 0 Å². The van der Waals surface area contributed by atoms with Crippen LogP contribution in [0.25, 0.3) is 0 Å². The number of likely N-dealkylation sites (N-methyl/N-ethyl adjacent to an activating group) is 1. The van der Waals surface area contributed by atoms with Crippen LogP contribution in [0.1, 0.15) is 29.0 Å². The van der Waals surface area contributed by atoms with Gasteiger partial charge in [-0.3, -0.25) is 9.69 Å². The number of nitrogens with zero attached hydrogens (tertiary/aromatic N) is 1. The maximum atomic E-state index is 12.0. The molecule has 1 unspecified atom stereocenters. The number of Topliss-reactive ketones (excluding diaryl/α,β-unsaturated/α-hetero) is 1. The van der Waals surface area contributed by atoms with Crippen LogP contribution in [0.5, 0.6) is 0 Å². The Morgan fingerprint density at radius 2 is 2.06 bits per heavy atom. The second-order valence-corrected chi connectivity index (χ2v) is 4.91. The van der Waals surface area contributed by atoms with Crippen LogP contribution < -0.4 is 0 Å². The second-order valence-electron chi connectivity index (χ2n) is 4.91. The van der Waals surface area contributed by atoms with E-state index in [2.05, 4.69) is 36.9 Å². The number of aryl methyl sites for hydroxylation is 2. The number of carbonyl (C=O) groups is 1. The molecule has 1 atom stereocenters. The summed E-state index contributed by atoms with van der Waals surface area (Å²) in [7, 11) is 2.01. The van der Waals surface area contributed by atoms with E-state index < -0.39 is 0 Å². The topological polar surface area (TPSA) is 20.3 Å². The van der Waals surface area contributed by atoms with E-state index in [1.165, 1.54) is 16.7 Å². The molecule has 1 fully saturated rings. The summed E-state index contributed by atoms with van der Waals surface area (Å²) in [6, 6.07) is 6.40. The molecule has 0 radical (unpaired) electrons. The van der Waals surface area contributed by atoms with E-state index in [1.54, 1.807) is 0 Å². The average molecular weight is 217 g/mol. The maximum absolute atomic E-state index is 12.0. The zero-order chi connectivity index (χ0) is 11.7. The van der Waals surface area contributed by atoms with Gasteiger partial charge in [-0.1, -0.05) is 23.8 Å². The lowest BCUT2D eigenvalue weighted by molar-refractivity contribution is -0.123. The van der Waals surface area contributed by atoms with Crippen LogP contribution in [0, 0.1) is 13.8 Å². The molecule has 1 saturated heterocycles. The van der Waals surface area contributed by atoms with Crippen LogP contribution in [0.15, 0.2) is 18.2 Å². The van der Waals surface area contributed by atoms with Crippen molar-refractivity contribution >= 4 is 5.78 Å². The van der Waals surface area contributed by atoms with E-state index in [-0.39, 0.29) is 5.92 Å². The molecule has 1 aliphatic rings. The molecule has 1 heterocycles. The number of likely N-dealkylation sites (tertiary alicyclic amines) is 1. The zero-order valence-electron chi connectivity index (χ0n) is 10.3. The smallest absolute Gasteiger partial charge is 0.154 e. The standard InChI is InChI=1S/C14H19NO/c1-10-4-5-12(11(2)8-10)13-6-7-15(3)9-14(13)16/h4-5,8,13H,6-7,9H2,1-3H3. The van der Waals surface area contributed by atoms with E-state index in [4.69, 9.17) is 0 Å². The van der Waals surface area contributed by atoms with Gasteiger partial charge in [-0.05, 0) is 45.0 Å². The highest BCUT2D eigenvalue weighted by atomic mass is 16.1. The van der Waals surface area contributed by atoms with E-state index in [0.29, 0.717) is 12.3 Å². The molecule has 2 nitrogen and oxygen atoms in total. The Morgan fingerprint density at radius 3 is 2.69 bits per heavy atom. The fourth-order valence-electron chi connectivity index (χ4n) is 2.51. The molecule has 2 rings (SSSR count). The monoisotopic (exact) mass is 217 g/mol. The predicted octanol–water partition coefficient (Wildman–Crippen LogP) is 2.29. The Hall–Kier alpha value is -1.15. The number of ketones is 1. The van der Waals surface area contributed by atoms with E-state index in [9.17, 15) is 4.79 Å². The largest absolute Gasteiger partial charge is 0.299 e. The molecule has 86 valence electrons. The van der Waals surface area contributed by atoms with E-state index in [1.807, 2.05) is 7.05 Å². The molecule has 1 aromatic rings. The fraction of sp³-hybridized carbons (Fsp3) is 0.500. The van der Waals surface area contributed by atoms with Crippen LogP contribution in [0.3, 0.4) is 0 Å². The van der Waals surface area contributed by atoms with Gasteiger partial charge in [-0.2, -0.15) is 0 Å². The van der Waals surface area contributed by atoms with Crippen molar-refractivity contribution in [2.45, 2.75) is 26.2 Å². The number of carbonyl (C=O) groups excluding carboxylic acids is 1. The molecule has 0 aliphatic carbocycles. The zero-order valence-corrected chi connectivity index (χ0v) is 10.3. The van der Waals surface area contributed by atoms with Crippen molar-refractivity contribution in [3.63, 3.8) is 0 Å². The third-order valence-electron chi connectivity index (χ3n) is 3.41. The number of piperidine rings is 1. The van der Waals surface area contributed by atoms with Gasteiger partial charge >= 0.3 is 0 Å². The van der Waals surface area contributed by atoms with Gasteiger partial charge in [0.2, 0.25) is 0 Å². The maximum Gasteiger partial charge on any atom is 0.154 e. The van der Waals surface area contributed by atoms with Crippen molar-refractivity contribution < 1.29 is 4.79 Å². The molecule has 0 aromatic heterocycles. The summed E-state index contributed by atoms with van der Waals surface area (Å²) >= 11 is 0. The summed E-state index contributed by atoms with van der Waals surface area (Å²) < 4.78 is 0. The minimum absolute atomic E-state index is 0.122. The summed E-state index contributed by atoms with van der Waals surface area (Å²) in [4.78, 5) is 14.1. The molecular weight excluding hydrogens is 198 g/mol. The summed E-state index contributed by atoms with van der Waals surface area (Å²) in [6.07, 6.45) is 0.958. The summed E-state index contributed by atoms with van der Waals surface area (Å²) in [5.74, 6) is 0.484. The Kier molecular flexibility index (Phi) is 3.10. The SMILES string of the molecule is Cc1ccc(C2CCN(C)CC2=O)c(C)c1. The average Bonchev–Trinajstić information content (AvgIpc) is 2.19. The first-order chi connectivity index (χ1) is 7.58. The molecule has 0 N–H and O–H groups in total. The van der Waals surface area contributed by atoms with Crippen molar-refractivity contribution in [1.29, 1.82) is 0 Å². The van der Waals surface area contributed by atoms with Crippen molar-refractivity contribution in [1.82, 2.24) is 4.90 Å². The van der Waals surface area contributed by atoms with E-state index >= 15 is 0 Å². The van der Waals surface area contributed by atoms with Crippen LogP contribution in [0.2, 0.25) is 0 Å². The van der Waals surface area contributed by atoms with Gasteiger partial charge in [0.05, 0.1) is 6.54 Å². The molecule has 0 bridgehead atoms. The van der Waals surface area contributed by atoms with Gasteiger partial charge in [0.25, 0.3) is 0 Å². The van der Waals surface area contributed by atoms with Crippen molar-refractivity contribution in [2.24, 2.45) is 0 Å². The highest BCUT2D eigenvalue weighted by Gasteiger charge is 2.27. The molecule has 2 heteroatoms. The molecular formula is C14H19NO. The lowest BCUT2D eigenvalue weighted by Crippen LogP contribution is -2.37. The Balaban J connectivity index is 2.27. The third-order valence-corrected chi connectivity index (χ3v) is 3.41. The van der Waals surface area contributed by atoms with Gasteiger partial charge < -0.3 is 0 Å². The van der Waals surface area contributed by atoms with Crippen molar-refractivity contribution in [2.75, 3.05) is 20.1 Å². The molecule has 0 saturated carbocycles. The first-order valence-electron chi connectivity index (χ1n) is 5.86. The first kappa shape index (κ1) is 11.3. The number of benzene rings is 1. The number of hydrogen-bond donors (Lipinski definition) is 0. The van der Waals surface area contributed by atoms with Gasteiger partial charge in [0.15, 0.2) is 5.78 Å². The van der Waals surface area contributed by atoms with Crippen LogP contribution >= 0.6 is 0 Å². The summed E-state index contributed by atoms with van der Waals surface area (Å²) in [6.45, 7) is 5.81. The number of rotatable bonds is 1. The molecule has 16 heavy (non-hydrogen) atoms. The summed E-state index contributed by atoms with van der Waals surface area (Å²) in [5.41, 5.74) is 3.74. The highest BCUT2D eigenvalue weighted by molar-refractivity contribution is 5.88. The Bertz CT molecular complexity index is 411. The Morgan fingerprint density at radius 1 is 1.31 bits per heavy atom. The molecule has 1 aliphatic heterocycles.